The maximum Gasteiger partial charge on any atom is 0.345 e. The number of aromatic carboxylic acids is 1. The number of hydrogen-bond acceptors (Lipinski definition) is 3. The van der Waals surface area contributed by atoms with Gasteiger partial charge in [-0.2, -0.15) is 5.10 Å². The number of nitrogens with zero attached hydrogens (tertiary/aromatic N) is 2. The molecule has 0 saturated heterocycles. The van der Waals surface area contributed by atoms with Gasteiger partial charge in [0.1, 0.15) is 15.4 Å². The molecule has 0 aliphatic heterocycles. The highest BCUT2D eigenvalue weighted by Gasteiger charge is 2.26. The van der Waals surface area contributed by atoms with E-state index < -0.39 is 12.4 Å². The maximum absolute atomic E-state index is 13.1. The molecule has 0 aromatic carbocycles. The zero-order chi connectivity index (χ0) is 14.3. The van der Waals surface area contributed by atoms with Gasteiger partial charge in [-0.3, -0.25) is 4.68 Å². The van der Waals surface area contributed by atoms with Gasteiger partial charge >= 0.3 is 5.97 Å². The SMILES string of the molecule is O=C(O)c1cc2c(C(F)F)nn(C3CCCCC3)c2s1. The number of alkyl halides is 2. The molecule has 0 radical (unpaired) electrons. The van der Waals surface area contributed by atoms with Gasteiger partial charge in [-0.1, -0.05) is 19.3 Å². The summed E-state index contributed by atoms with van der Waals surface area (Å²) in [5.41, 5.74) is -0.297. The van der Waals surface area contributed by atoms with Crippen LogP contribution >= 0.6 is 11.3 Å². The topological polar surface area (TPSA) is 55.1 Å². The number of fused-ring (bicyclic) bond motifs is 1. The van der Waals surface area contributed by atoms with Crippen LogP contribution in [0.5, 0.6) is 0 Å². The van der Waals surface area contributed by atoms with E-state index in [0.717, 1.165) is 43.4 Å². The quantitative estimate of drug-likeness (QED) is 0.922. The summed E-state index contributed by atoms with van der Waals surface area (Å²) < 4.78 is 27.8. The van der Waals surface area contributed by atoms with E-state index in [1.54, 1.807) is 4.68 Å². The Hall–Kier alpha value is -1.50. The highest BCUT2D eigenvalue weighted by Crippen LogP contribution is 2.38. The molecule has 2 heterocycles. The molecule has 7 heteroatoms. The molecule has 0 bridgehead atoms. The van der Waals surface area contributed by atoms with Gasteiger partial charge < -0.3 is 5.11 Å². The molecule has 3 rings (SSSR count). The lowest BCUT2D eigenvalue weighted by atomic mass is 9.96. The third kappa shape index (κ3) is 2.19. The minimum absolute atomic E-state index is 0.0869. The van der Waals surface area contributed by atoms with Crippen LogP contribution in [0, 0.1) is 0 Å². The molecule has 0 spiro atoms. The Labute approximate surface area is 118 Å². The van der Waals surface area contributed by atoms with Gasteiger partial charge in [0.05, 0.1) is 6.04 Å². The van der Waals surface area contributed by atoms with Gasteiger partial charge in [-0.25, -0.2) is 13.6 Å². The van der Waals surface area contributed by atoms with Crippen molar-refractivity contribution in [3.8, 4) is 0 Å². The Morgan fingerprint density at radius 1 is 1.40 bits per heavy atom. The zero-order valence-electron chi connectivity index (χ0n) is 10.7. The smallest absolute Gasteiger partial charge is 0.345 e. The van der Waals surface area contributed by atoms with E-state index in [9.17, 15) is 13.6 Å². The van der Waals surface area contributed by atoms with Crippen LogP contribution in [0.15, 0.2) is 6.07 Å². The molecule has 1 fully saturated rings. The van der Waals surface area contributed by atoms with Crippen LogP contribution in [-0.2, 0) is 0 Å². The molecule has 20 heavy (non-hydrogen) atoms. The van der Waals surface area contributed by atoms with Crippen molar-refractivity contribution in [1.29, 1.82) is 0 Å². The Morgan fingerprint density at radius 2 is 2.10 bits per heavy atom. The fourth-order valence-corrected chi connectivity index (χ4v) is 3.82. The number of carboxylic acid groups (broad SMARTS) is 1. The molecule has 2 aromatic rings. The molecule has 0 atom stereocenters. The number of hydrogen-bond donors (Lipinski definition) is 1. The molecule has 108 valence electrons. The lowest BCUT2D eigenvalue weighted by Crippen LogP contribution is -2.14. The van der Waals surface area contributed by atoms with Crippen molar-refractivity contribution in [3.63, 3.8) is 0 Å². The second-order valence-electron chi connectivity index (χ2n) is 5.06. The predicted molar refractivity (Wildman–Crippen MR) is 71.6 cm³/mol. The second kappa shape index (κ2) is 5.12. The van der Waals surface area contributed by atoms with E-state index in [0.29, 0.717) is 4.83 Å². The van der Waals surface area contributed by atoms with Crippen molar-refractivity contribution in [1.82, 2.24) is 9.78 Å². The van der Waals surface area contributed by atoms with Crippen LogP contribution in [0.25, 0.3) is 10.2 Å². The first-order chi connectivity index (χ1) is 9.58. The van der Waals surface area contributed by atoms with Gasteiger partial charge in [0, 0.05) is 5.39 Å². The Balaban J connectivity index is 2.12. The third-order valence-electron chi connectivity index (χ3n) is 3.75. The number of carbonyl (C=O) groups is 1. The van der Waals surface area contributed by atoms with Crippen molar-refractivity contribution in [2.45, 2.75) is 44.6 Å². The highest BCUT2D eigenvalue weighted by molar-refractivity contribution is 7.20. The largest absolute Gasteiger partial charge is 0.477 e. The van der Waals surface area contributed by atoms with Crippen molar-refractivity contribution in [2.75, 3.05) is 0 Å². The van der Waals surface area contributed by atoms with Crippen molar-refractivity contribution < 1.29 is 18.7 Å². The zero-order valence-corrected chi connectivity index (χ0v) is 11.5. The second-order valence-corrected chi connectivity index (χ2v) is 6.09. The van der Waals surface area contributed by atoms with Crippen molar-refractivity contribution >= 4 is 27.5 Å². The predicted octanol–water partition coefficient (Wildman–Crippen LogP) is 4.24. The lowest BCUT2D eigenvalue weighted by molar-refractivity contribution is 0.0702. The van der Waals surface area contributed by atoms with E-state index in [4.69, 9.17) is 5.11 Å². The average Bonchev–Trinajstić information content (AvgIpc) is 2.97. The van der Waals surface area contributed by atoms with Crippen molar-refractivity contribution in [3.05, 3.63) is 16.6 Å². The summed E-state index contributed by atoms with van der Waals surface area (Å²) in [5, 5.41) is 13.4. The van der Waals surface area contributed by atoms with Gasteiger partial charge in [0.15, 0.2) is 0 Å². The summed E-state index contributed by atoms with van der Waals surface area (Å²) >= 11 is 1.03. The molecule has 1 aliphatic carbocycles. The standard InChI is InChI=1S/C13H14F2N2O2S/c14-11(15)10-8-6-9(13(18)19)20-12(8)17(16-10)7-4-2-1-3-5-7/h6-7,11H,1-5H2,(H,18,19). The molecule has 1 N–H and O–H groups in total. The van der Waals surface area contributed by atoms with Gasteiger partial charge in [0.25, 0.3) is 6.43 Å². The molecule has 0 unspecified atom stereocenters. The van der Waals surface area contributed by atoms with Crippen LogP contribution in [0.2, 0.25) is 0 Å². The maximum atomic E-state index is 13.1. The van der Waals surface area contributed by atoms with E-state index in [-0.39, 0.29) is 22.0 Å². The first-order valence-corrected chi connectivity index (χ1v) is 7.43. The van der Waals surface area contributed by atoms with Crippen LogP contribution in [0.3, 0.4) is 0 Å². The van der Waals surface area contributed by atoms with Gasteiger partial charge in [0.2, 0.25) is 0 Å². The Bertz CT molecular complexity index is 644. The van der Waals surface area contributed by atoms with E-state index in [1.807, 2.05) is 0 Å². The molecular weight excluding hydrogens is 286 g/mol. The number of rotatable bonds is 3. The third-order valence-corrected chi connectivity index (χ3v) is 4.86. The minimum atomic E-state index is -2.68. The fraction of sp³-hybridized carbons (Fsp3) is 0.538. The van der Waals surface area contributed by atoms with Crippen LogP contribution in [0.1, 0.15) is 59.9 Å². The summed E-state index contributed by atoms with van der Waals surface area (Å²) in [6.45, 7) is 0. The van der Waals surface area contributed by atoms with Gasteiger partial charge in [-0.05, 0) is 18.9 Å². The normalized spacial score (nSPS) is 17.1. The van der Waals surface area contributed by atoms with E-state index in [2.05, 4.69) is 5.10 Å². The van der Waals surface area contributed by atoms with Gasteiger partial charge in [-0.15, -0.1) is 11.3 Å². The highest BCUT2D eigenvalue weighted by atomic mass is 32.1. The molecule has 2 aromatic heterocycles. The first-order valence-electron chi connectivity index (χ1n) is 6.61. The first kappa shape index (κ1) is 13.5. The summed E-state index contributed by atoms with van der Waals surface area (Å²) in [4.78, 5) is 11.7. The average molecular weight is 300 g/mol. The Morgan fingerprint density at radius 3 is 2.70 bits per heavy atom. The monoisotopic (exact) mass is 300 g/mol. The molecule has 1 aliphatic rings. The fourth-order valence-electron chi connectivity index (χ4n) is 2.79. The minimum Gasteiger partial charge on any atom is -0.477 e. The molecule has 1 saturated carbocycles. The van der Waals surface area contributed by atoms with Crippen molar-refractivity contribution in [2.24, 2.45) is 0 Å². The summed E-state index contributed by atoms with van der Waals surface area (Å²) in [6.07, 6.45) is 2.44. The molecular formula is C13H14F2N2O2S. The van der Waals surface area contributed by atoms with Crippen LogP contribution < -0.4 is 0 Å². The molecule has 0 amide bonds. The lowest BCUT2D eigenvalue weighted by Gasteiger charge is -2.22. The number of halogens is 2. The number of aromatic nitrogens is 2. The summed E-state index contributed by atoms with van der Waals surface area (Å²) in [7, 11) is 0. The van der Waals surface area contributed by atoms with E-state index in [1.165, 1.54) is 6.07 Å². The van der Waals surface area contributed by atoms with E-state index >= 15 is 0 Å². The number of thiophene rings is 1. The number of carboxylic acids is 1. The van der Waals surface area contributed by atoms with Crippen LogP contribution in [0.4, 0.5) is 8.78 Å². The summed E-state index contributed by atoms with van der Waals surface area (Å²) in [6, 6.07) is 1.43. The summed E-state index contributed by atoms with van der Waals surface area (Å²) in [5.74, 6) is -1.08. The van der Waals surface area contributed by atoms with Crippen LogP contribution in [-0.4, -0.2) is 20.9 Å². The Kier molecular flexibility index (Phi) is 3.45. The molecule has 4 nitrogen and oxygen atoms in total.